The van der Waals surface area contributed by atoms with Crippen molar-refractivity contribution < 1.29 is 0 Å². The van der Waals surface area contributed by atoms with Gasteiger partial charge in [-0.15, -0.1) is 0 Å². The van der Waals surface area contributed by atoms with Gasteiger partial charge in [0, 0.05) is 23.7 Å². The van der Waals surface area contributed by atoms with Crippen LogP contribution in [0, 0.1) is 3.57 Å². The van der Waals surface area contributed by atoms with E-state index in [4.69, 9.17) is 0 Å². The number of hydrogen-bond acceptors (Lipinski definition) is 5. The molecule has 0 amide bonds. The highest BCUT2D eigenvalue weighted by atomic mass is 127. The van der Waals surface area contributed by atoms with Crippen LogP contribution in [0.25, 0.3) is 11.2 Å². The van der Waals surface area contributed by atoms with E-state index in [1.54, 1.807) is 6.33 Å². The smallest absolute Gasteiger partial charge is 0.226 e. The fraction of sp³-hybridized carbons (Fsp3) is 0.312. The molecule has 2 N–H and O–H groups in total. The summed E-state index contributed by atoms with van der Waals surface area (Å²) in [6.07, 6.45) is 2.79. The Morgan fingerprint density at radius 3 is 2.87 bits per heavy atom. The molecule has 0 saturated heterocycles. The summed E-state index contributed by atoms with van der Waals surface area (Å²) in [5.41, 5.74) is 2.83. The van der Waals surface area contributed by atoms with Crippen LogP contribution >= 0.6 is 22.6 Å². The Balaban J connectivity index is 1.88. The van der Waals surface area contributed by atoms with E-state index in [2.05, 4.69) is 79.4 Å². The third kappa shape index (κ3) is 3.72. The molecule has 0 unspecified atom stereocenters. The summed E-state index contributed by atoms with van der Waals surface area (Å²) in [5, 5.41) is 6.64. The molecule has 7 heteroatoms. The van der Waals surface area contributed by atoms with Gasteiger partial charge in [0.2, 0.25) is 5.95 Å². The summed E-state index contributed by atoms with van der Waals surface area (Å²) in [5.74, 6) is 1.39. The molecule has 0 fully saturated rings. The maximum atomic E-state index is 4.58. The number of aromatic nitrogens is 4. The molecule has 0 radical (unpaired) electrons. The Bertz CT molecular complexity index is 813. The van der Waals surface area contributed by atoms with Gasteiger partial charge in [-0.25, -0.2) is 4.98 Å². The lowest BCUT2D eigenvalue weighted by Crippen LogP contribution is -2.09. The summed E-state index contributed by atoms with van der Waals surface area (Å²) in [7, 11) is 1.94. The summed E-state index contributed by atoms with van der Waals surface area (Å²) in [4.78, 5) is 13.5. The van der Waals surface area contributed by atoms with Gasteiger partial charge < -0.3 is 15.2 Å². The molecular weight excluding hydrogens is 403 g/mol. The zero-order chi connectivity index (χ0) is 16.2. The molecule has 2 heterocycles. The molecule has 1 aromatic carbocycles. The van der Waals surface area contributed by atoms with Gasteiger partial charge in [-0.3, -0.25) is 0 Å². The predicted molar refractivity (Wildman–Crippen MR) is 102 cm³/mol. The van der Waals surface area contributed by atoms with E-state index in [1.165, 1.54) is 9.13 Å². The number of anilines is 2. The SMILES string of the molecule is CCCNc1nc(NCc2cccc(I)c2)c2ncn(C)c2n1. The molecule has 6 nitrogen and oxygen atoms in total. The van der Waals surface area contributed by atoms with E-state index in [1.807, 2.05) is 11.6 Å². The largest absolute Gasteiger partial charge is 0.364 e. The van der Waals surface area contributed by atoms with Crippen molar-refractivity contribution in [2.75, 3.05) is 17.2 Å². The minimum atomic E-state index is 0.632. The van der Waals surface area contributed by atoms with Crippen LogP contribution in [0.4, 0.5) is 11.8 Å². The maximum Gasteiger partial charge on any atom is 0.226 e. The first-order valence-corrected chi connectivity index (χ1v) is 8.66. The van der Waals surface area contributed by atoms with Crippen molar-refractivity contribution in [2.45, 2.75) is 19.9 Å². The average molecular weight is 422 g/mol. The molecular formula is C16H19IN6. The molecule has 2 aromatic heterocycles. The highest BCUT2D eigenvalue weighted by molar-refractivity contribution is 14.1. The lowest BCUT2D eigenvalue weighted by atomic mass is 10.2. The van der Waals surface area contributed by atoms with Crippen molar-refractivity contribution in [3.8, 4) is 0 Å². The second-order valence-electron chi connectivity index (χ2n) is 5.33. The second kappa shape index (κ2) is 7.12. The van der Waals surface area contributed by atoms with E-state index in [-0.39, 0.29) is 0 Å². The third-order valence-electron chi connectivity index (χ3n) is 3.44. The van der Waals surface area contributed by atoms with Crippen LogP contribution in [-0.4, -0.2) is 26.1 Å². The molecule has 0 aliphatic carbocycles. The standard InChI is InChI=1S/C16H19IN6/c1-3-7-18-16-21-14(13-15(22-16)23(2)10-20-13)19-9-11-5-4-6-12(17)8-11/h4-6,8,10H,3,7,9H2,1-2H3,(H2,18,19,21,22). The van der Waals surface area contributed by atoms with E-state index in [0.29, 0.717) is 12.5 Å². The molecule has 0 atom stereocenters. The number of rotatable bonds is 6. The monoisotopic (exact) mass is 422 g/mol. The van der Waals surface area contributed by atoms with Gasteiger partial charge in [0.1, 0.15) is 0 Å². The average Bonchev–Trinajstić information content (AvgIpc) is 2.92. The number of benzene rings is 1. The maximum absolute atomic E-state index is 4.58. The first kappa shape index (κ1) is 16.0. The van der Waals surface area contributed by atoms with Crippen molar-refractivity contribution in [3.05, 3.63) is 39.7 Å². The number of nitrogens with zero attached hydrogens (tertiary/aromatic N) is 4. The zero-order valence-electron chi connectivity index (χ0n) is 13.2. The minimum absolute atomic E-state index is 0.632. The lowest BCUT2D eigenvalue weighted by Gasteiger charge is -2.10. The van der Waals surface area contributed by atoms with Gasteiger partial charge in [-0.05, 0) is 46.7 Å². The van der Waals surface area contributed by atoms with E-state index in [9.17, 15) is 0 Å². The topological polar surface area (TPSA) is 67.7 Å². The van der Waals surface area contributed by atoms with Gasteiger partial charge in [0.25, 0.3) is 0 Å². The lowest BCUT2D eigenvalue weighted by molar-refractivity contribution is 0.918. The number of fused-ring (bicyclic) bond motifs is 1. The molecule has 0 saturated carbocycles. The van der Waals surface area contributed by atoms with E-state index in [0.717, 1.165) is 29.9 Å². The minimum Gasteiger partial charge on any atom is -0.364 e. The molecule has 0 aliphatic heterocycles. The van der Waals surface area contributed by atoms with Crippen molar-refractivity contribution in [3.63, 3.8) is 0 Å². The summed E-state index contributed by atoms with van der Waals surface area (Å²) >= 11 is 2.32. The molecule has 0 spiro atoms. The molecule has 0 aliphatic rings. The number of imidazole rings is 1. The quantitative estimate of drug-likeness (QED) is 0.597. The molecule has 23 heavy (non-hydrogen) atoms. The van der Waals surface area contributed by atoms with Gasteiger partial charge in [-0.2, -0.15) is 9.97 Å². The normalized spacial score (nSPS) is 10.9. The fourth-order valence-electron chi connectivity index (χ4n) is 2.28. The first-order chi connectivity index (χ1) is 11.2. The Morgan fingerprint density at radius 1 is 1.22 bits per heavy atom. The Morgan fingerprint density at radius 2 is 2.09 bits per heavy atom. The van der Waals surface area contributed by atoms with Crippen molar-refractivity contribution in [1.82, 2.24) is 19.5 Å². The number of halogens is 1. The third-order valence-corrected chi connectivity index (χ3v) is 4.11. The predicted octanol–water partition coefficient (Wildman–Crippen LogP) is 3.40. The number of aryl methyl sites for hydroxylation is 1. The van der Waals surface area contributed by atoms with Gasteiger partial charge in [-0.1, -0.05) is 19.1 Å². The summed E-state index contributed by atoms with van der Waals surface area (Å²) < 4.78 is 3.13. The van der Waals surface area contributed by atoms with Crippen LogP contribution in [0.3, 0.4) is 0 Å². The molecule has 3 aromatic rings. The van der Waals surface area contributed by atoms with Crippen LogP contribution in [0.1, 0.15) is 18.9 Å². The van der Waals surface area contributed by atoms with Crippen molar-refractivity contribution in [1.29, 1.82) is 0 Å². The Kier molecular flexibility index (Phi) is 4.94. The Labute approximate surface area is 148 Å². The van der Waals surface area contributed by atoms with Gasteiger partial charge >= 0.3 is 0 Å². The Hall–Kier alpha value is -1.90. The molecule has 0 bridgehead atoms. The fourth-order valence-corrected chi connectivity index (χ4v) is 2.89. The van der Waals surface area contributed by atoms with E-state index < -0.39 is 0 Å². The van der Waals surface area contributed by atoms with Crippen LogP contribution in [-0.2, 0) is 13.6 Å². The van der Waals surface area contributed by atoms with E-state index >= 15 is 0 Å². The van der Waals surface area contributed by atoms with Crippen LogP contribution in [0.5, 0.6) is 0 Å². The molecule has 3 rings (SSSR count). The van der Waals surface area contributed by atoms with Crippen LogP contribution in [0.2, 0.25) is 0 Å². The highest BCUT2D eigenvalue weighted by Crippen LogP contribution is 2.21. The van der Waals surface area contributed by atoms with Crippen molar-refractivity contribution in [2.24, 2.45) is 7.05 Å². The van der Waals surface area contributed by atoms with Crippen LogP contribution in [0.15, 0.2) is 30.6 Å². The number of hydrogen-bond donors (Lipinski definition) is 2. The highest BCUT2D eigenvalue weighted by Gasteiger charge is 2.11. The number of nitrogens with one attached hydrogen (secondary N) is 2. The van der Waals surface area contributed by atoms with Gasteiger partial charge in [0.05, 0.1) is 6.33 Å². The zero-order valence-corrected chi connectivity index (χ0v) is 15.3. The van der Waals surface area contributed by atoms with Crippen molar-refractivity contribution >= 4 is 45.5 Å². The summed E-state index contributed by atoms with van der Waals surface area (Å²) in [6, 6.07) is 8.39. The van der Waals surface area contributed by atoms with Crippen LogP contribution < -0.4 is 10.6 Å². The second-order valence-corrected chi connectivity index (χ2v) is 6.58. The van der Waals surface area contributed by atoms with Gasteiger partial charge in [0.15, 0.2) is 17.0 Å². The summed E-state index contributed by atoms with van der Waals surface area (Å²) in [6.45, 7) is 3.66. The first-order valence-electron chi connectivity index (χ1n) is 7.58. The molecule has 120 valence electrons.